The van der Waals surface area contributed by atoms with Gasteiger partial charge in [-0.1, -0.05) is 19.3 Å². The maximum atomic E-state index is 12.5. The summed E-state index contributed by atoms with van der Waals surface area (Å²) in [6.45, 7) is 8.00. The fourth-order valence-corrected chi connectivity index (χ4v) is 4.05. The van der Waals surface area contributed by atoms with Crippen molar-refractivity contribution in [2.75, 3.05) is 59.0 Å². The molecule has 0 atom stereocenters. The standard InChI is InChI=1S/C17H31N3O2/c21-17(15-18-11-13-22-14-12-18)20-8-4-7-19(9-10-20)16-5-2-1-3-6-16/h16H,1-15H2. The van der Waals surface area contributed by atoms with E-state index in [-0.39, 0.29) is 0 Å². The first-order chi connectivity index (χ1) is 10.8. The van der Waals surface area contributed by atoms with Crippen LogP contribution in [0.15, 0.2) is 0 Å². The van der Waals surface area contributed by atoms with Gasteiger partial charge in [-0.15, -0.1) is 0 Å². The fraction of sp³-hybridized carbons (Fsp3) is 0.941. The molecular formula is C17H31N3O2. The van der Waals surface area contributed by atoms with Crippen molar-refractivity contribution in [2.45, 2.75) is 44.6 Å². The van der Waals surface area contributed by atoms with E-state index in [0.717, 1.165) is 58.4 Å². The minimum absolute atomic E-state index is 0.312. The fourth-order valence-electron chi connectivity index (χ4n) is 4.05. The molecule has 0 aromatic heterocycles. The van der Waals surface area contributed by atoms with Crippen LogP contribution in [0.1, 0.15) is 38.5 Å². The van der Waals surface area contributed by atoms with E-state index in [1.165, 1.54) is 38.6 Å². The van der Waals surface area contributed by atoms with Crippen molar-refractivity contribution in [1.82, 2.24) is 14.7 Å². The van der Waals surface area contributed by atoms with Crippen LogP contribution in [0.5, 0.6) is 0 Å². The molecule has 0 spiro atoms. The van der Waals surface area contributed by atoms with Crippen LogP contribution >= 0.6 is 0 Å². The van der Waals surface area contributed by atoms with Crippen LogP contribution in [0.25, 0.3) is 0 Å². The number of carbonyl (C=O) groups is 1. The maximum absolute atomic E-state index is 12.5. The average Bonchev–Trinajstić information content (AvgIpc) is 2.83. The number of nitrogens with zero attached hydrogens (tertiary/aromatic N) is 3. The summed E-state index contributed by atoms with van der Waals surface area (Å²) in [4.78, 5) is 19.5. The SMILES string of the molecule is O=C(CN1CCOCC1)N1CCCN(C2CCCCC2)CC1. The molecule has 5 nitrogen and oxygen atoms in total. The van der Waals surface area contributed by atoms with Crippen molar-refractivity contribution >= 4 is 5.91 Å². The third-order valence-electron chi connectivity index (χ3n) is 5.44. The van der Waals surface area contributed by atoms with Gasteiger partial charge in [-0.2, -0.15) is 0 Å². The van der Waals surface area contributed by atoms with Gasteiger partial charge in [0.15, 0.2) is 0 Å². The van der Waals surface area contributed by atoms with Gasteiger partial charge in [0, 0.05) is 45.3 Å². The average molecular weight is 309 g/mol. The highest BCUT2D eigenvalue weighted by Gasteiger charge is 2.26. The van der Waals surface area contributed by atoms with Crippen molar-refractivity contribution in [1.29, 1.82) is 0 Å². The van der Waals surface area contributed by atoms with E-state index >= 15 is 0 Å². The monoisotopic (exact) mass is 309 g/mol. The molecule has 1 saturated carbocycles. The molecule has 2 saturated heterocycles. The lowest BCUT2D eigenvalue weighted by atomic mass is 9.94. The molecule has 0 unspecified atom stereocenters. The molecule has 0 bridgehead atoms. The van der Waals surface area contributed by atoms with E-state index in [4.69, 9.17) is 4.74 Å². The third kappa shape index (κ3) is 4.43. The van der Waals surface area contributed by atoms with Crippen LogP contribution < -0.4 is 0 Å². The van der Waals surface area contributed by atoms with Gasteiger partial charge in [0.25, 0.3) is 0 Å². The zero-order valence-corrected chi connectivity index (χ0v) is 13.8. The Labute approximate surface area is 134 Å². The predicted octanol–water partition coefficient (Wildman–Crippen LogP) is 1.19. The molecule has 1 aliphatic carbocycles. The second-order valence-corrected chi connectivity index (χ2v) is 6.95. The second kappa shape index (κ2) is 8.27. The summed E-state index contributed by atoms with van der Waals surface area (Å²) >= 11 is 0. The number of rotatable bonds is 3. The molecule has 2 aliphatic heterocycles. The highest BCUT2D eigenvalue weighted by Crippen LogP contribution is 2.23. The van der Waals surface area contributed by atoms with E-state index in [1.807, 2.05) is 0 Å². The summed E-state index contributed by atoms with van der Waals surface area (Å²) in [5.41, 5.74) is 0. The van der Waals surface area contributed by atoms with Crippen LogP contribution in [0.4, 0.5) is 0 Å². The summed E-state index contributed by atoms with van der Waals surface area (Å²) in [5, 5.41) is 0. The van der Waals surface area contributed by atoms with E-state index in [0.29, 0.717) is 12.5 Å². The first-order valence-corrected chi connectivity index (χ1v) is 9.15. The lowest BCUT2D eigenvalue weighted by Gasteiger charge is -2.33. The summed E-state index contributed by atoms with van der Waals surface area (Å²) in [5.74, 6) is 0.312. The molecule has 3 rings (SSSR count). The Morgan fingerprint density at radius 1 is 0.864 bits per heavy atom. The van der Waals surface area contributed by atoms with E-state index < -0.39 is 0 Å². The molecule has 0 N–H and O–H groups in total. The summed E-state index contributed by atoms with van der Waals surface area (Å²) in [7, 11) is 0. The van der Waals surface area contributed by atoms with Crippen molar-refractivity contribution < 1.29 is 9.53 Å². The zero-order valence-electron chi connectivity index (χ0n) is 13.8. The predicted molar refractivity (Wildman–Crippen MR) is 86.9 cm³/mol. The molecule has 1 amide bonds. The van der Waals surface area contributed by atoms with Gasteiger partial charge < -0.3 is 9.64 Å². The third-order valence-corrected chi connectivity index (χ3v) is 5.44. The van der Waals surface area contributed by atoms with Crippen molar-refractivity contribution in [3.8, 4) is 0 Å². The number of ether oxygens (including phenoxy) is 1. The highest BCUT2D eigenvalue weighted by molar-refractivity contribution is 5.78. The molecule has 2 heterocycles. The Morgan fingerprint density at radius 3 is 2.41 bits per heavy atom. The van der Waals surface area contributed by atoms with Gasteiger partial charge in [-0.3, -0.25) is 14.6 Å². The molecule has 0 aromatic rings. The van der Waals surface area contributed by atoms with Crippen molar-refractivity contribution in [3.05, 3.63) is 0 Å². The summed E-state index contributed by atoms with van der Waals surface area (Å²) in [6, 6.07) is 0.781. The molecule has 3 aliphatic rings. The largest absolute Gasteiger partial charge is 0.379 e. The lowest BCUT2D eigenvalue weighted by molar-refractivity contribution is -0.133. The van der Waals surface area contributed by atoms with Gasteiger partial charge in [0.2, 0.25) is 5.91 Å². The maximum Gasteiger partial charge on any atom is 0.236 e. The Hall–Kier alpha value is -0.650. The minimum atomic E-state index is 0.312. The molecule has 0 radical (unpaired) electrons. The van der Waals surface area contributed by atoms with E-state index in [2.05, 4.69) is 14.7 Å². The van der Waals surface area contributed by atoms with Gasteiger partial charge >= 0.3 is 0 Å². The van der Waals surface area contributed by atoms with Crippen LogP contribution in [0, 0.1) is 0 Å². The molecule has 126 valence electrons. The van der Waals surface area contributed by atoms with Crippen LogP contribution in [-0.2, 0) is 9.53 Å². The molecule has 3 fully saturated rings. The Morgan fingerprint density at radius 2 is 1.64 bits per heavy atom. The van der Waals surface area contributed by atoms with E-state index in [9.17, 15) is 4.79 Å². The highest BCUT2D eigenvalue weighted by atomic mass is 16.5. The number of hydrogen-bond donors (Lipinski definition) is 0. The molecule has 5 heteroatoms. The van der Waals surface area contributed by atoms with Crippen molar-refractivity contribution in [2.24, 2.45) is 0 Å². The van der Waals surface area contributed by atoms with Crippen LogP contribution in [0.3, 0.4) is 0 Å². The Kier molecular flexibility index (Phi) is 6.10. The summed E-state index contributed by atoms with van der Waals surface area (Å²) in [6.07, 6.45) is 8.05. The van der Waals surface area contributed by atoms with Gasteiger partial charge in [0.1, 0.15) is 0 Å². The number of morpholine rings is 1. The first-order valence-electron chi connectivity index (χ1n) is 9.15. The number of carbonyl (C=O) groups excluding carboxylic acids is 1. The first kappa shape index (κ1) is 16.2. The number of amides is 1. The zero-order chi connectivity index (χ0) is 15.2. The van der Waals surface area contributed by atoms with Gasteiger partial charge in [-0.25, -0.2) is 0 Å². The van der Waals surface area contributed by atoms with Crippen LogP contribution in [0.2, 0.25) is 0 Å². The van der Waals surface area contributed by atoms with Crippen LogP contribution in [-0.4, -0.2) is 85.7 Å². The Balaban J connectivity index is 1.45. The minimum Gasteiger partial charge on any atom is -0.379 e. The van der Waals surface area contributed by atoms with Gasteiger partial charge in [-0.05, 0) is 19.3 Å². The summed E-state index contributed by atoms with van der Waals surface area (Å²) < 4.78 is 5.35. The number of hydrogen-bond acceptors (Lipinski definition) is 4. The normalized spacial score (nSPS) is 26.8. The quantitative estimate of drug-likeness (QED) is 0.784. The molecular weight excluding hydrogens is 278 g/mol. The molecule has 22 heavy (non-hydrogen) atoms. The Bertz CT molecular complexity index is 352. The topological polar surface area (TPSA) is 36.0 Å². The van der Waals surface area contributed by atoms with Crippen molar-refractivity contribution in [3.63, 3.8) is 0 Å². The molecule has 0 aromatic carbocycles. The smallest absolute Gasteiger partial charge is 0.236 e. The lowest BCUT2D eigenvalue weighted by Crippen LogP contribution is -2.46. The van der Waals surface area contributed by atoms with Gasteiger partial charge in [0.05, 0.1) is 19.8 Å². The van der Waals surface area contributed by atoms with E-state index in [1.54, 1.807) is 0 Å². The second-order valence-electron chi connectivity index (χ2n) is 6.95.